The van der Waals surface area contributed by atoms with Crippen molar-refractivity contribution in [1.82, 2.24) is 4.90 Å². The molecule has 110 valence electrons. The van der Waals surface area contributed by atoms with Gasteiger partial charge in [-0.1, -0.05) is 19.8 Å². The molecule has 1 aliphatic carbocycles. The SMILES string of the molecule is CCC1(C(=O)N2CCCCC2CC(C)O)CCCC1. The number of carbonyl (C=O) groups is 1. The number of nitrogens with zero attached hydrogens (tertiary/aromatic N) is 1. The van der Waals surface area contributed by atoms with Crippen molar-refractivity contribution in [3.05, 3.63) is 0 Å². The quantitative estimate of drug-likeness (QED) is 0.850. The van der Waals surface area contributed by atoms with Crippen LogP contribution in [-0.2, 0) is 4.79 Å². The number of amides is 1. The summed E-state index contributed by atoms with van der Waals surface area (Å²) in [5, 5.41) is 9.65. The summed E-state index contributed by atoms with van der Waals surface area (Å²) in [4.78, 5) is 15.1. The molecule has 2 rings (SSSR count). The van der Waals surface area contributed by atoms with Crippen LogP contribution in [0.1, 0.15) is 71.6 Å². The van der Waals surface area contributed by atoms with E-state index >= 15 is 0 Å². The van der Waals surface area contributed by atoms with Gasteiger partial charge in [0.1, 0.15) is 0 Å². The number of piperidine rings is 1. The van der Waals surface area contributed by atoms with Gasteiger partial charge >= 0.3 is 0 Å². The van der Waals surface area contributed by atoms with Crippen LogP contribution in [0.5, 0.6) is 0 Å². The van der Waals surface area contributed by atoms with Gasteiger partial charge in [0, 0.05) is 18.0 Å². The molecule has 0 spiro atoms. The third-order valence-corrected chi connectivity index (χ3v) is 5.19. The van der Waals surface area contributed by atoms with E-state index in [1.807, 2.05) is 6.92 Å². The molecule has 0 aromatic heterocycles. The zero-order valence-corrected chi connectivity index (χ0v) is 12.5. The number of aliphatic hydroxyl groups excluding tert-OH is 1. The molecular formula is C16H29NO2. The highest BCUT2D eigenvalue weighted by atomic mass is 16.3. The lowest BCUT2D eigenvalue weighted by atomic mass is 9.80. The molecule has 2 fully saturated rings. The maximum atomic E-state index is 13.0. The van der Waals surface area contributed by atoms with Crippen molar-refractivity contribution < 1.29 is 9.90 Å². The maximum Gasteiger partial charge on any atom is 0.229 e. The summed E-state index contributed by atoms with van der Waals surface area (Å²) in [5.74, 6) is 0.387. The lowest BCUT2D eigenvalue weighted by Crippen LogP contribution is -2.50. The first-order valence-electron chi connectivity index (χ1n) is 8.08. The summed E-state index contributed by atoms with van der Waals surface area (Å²) < 4.78 is 0. The molecule has 1 heterocycles. The molecule has 0 radical (unpaired) electrons. The minimum Gasteiger partial charge on any atom is -0.393 e. The van der Waals surface area contributed by atoms with Crippen molar-refractivity contribution in [1.29, 1.82) is 0 Å². The average Bonchev–Trinajstić information content (AvgIpc) is 2.88. The second-order valence-corrected chi connectivity index (χ2v) is 6.57. The fraction of sp³-hybridized carbons (Fsp3) is 0.938. The Kier molecular flexibility index (Phi) is 4.88. The highest BCUT2D eigenvalue weighted by molar-refractivity contribution is 5.83. The first-order chi connectivity index (χ1) is 9.09. The van der Waals surface area contributed by atoms with Gasteiger partial charge in [-0.25, -0.2) is 0 Å². The first kappa shape index (κ1) is 14.8. The van der Waals surface area contributed by atoms with Gasteiger partial charge in [0.2, 0.25) is 5.91 Å². The normalized spacial score (nSPS) is 28.4. The second kappa shape index (κ2) is 6.25. The van der Waals surface area contributed by atoms with Gasteiger partial charge < -0.3 is 10.0 Å². The van der Waals surface area contributed by atoms with Gasteiger partial charge in [-0.05, 0) is 51.9 Å². The van der Waals surface area contributed by atoms with E-state index < -0.39 is 0 Å². The van der Waals surface area contributed by atoms with Crippen LogP contribution in [0, 0.1) is 5.41 Å². The van der Waals surface area contributed by atoms with Crippen LogP contribution >= 0.6 is 0 Å². The Hall–Kier alpha value is -0.570. The highest BCUT2D eigenvalue weighted by Crippen LogP contribution is 2.43. The monoisotopic (exact) mass is 267 g/mol. The lowest BCUT2D eigenvalue weighted by molar-refractivity contribution is -0.146. The van der Waals surface area contributed by atoms with E-state index in [1.54, 1.807) is 0 Å². The van der Waals surface area contributed by atoms with Crippen LogP contribution in [0.3, 0.4) is 0 Å². The molecule has 19 heavy (non-hydrogen) atoms. The smallest absolute Gasteiger partial charge is 0.229 e. The third kappa shape index (κ3) is 3.13. The minimum atomic E-state index is -0.306. The molecule has 3 nitrogen and oxygen atoms in total. The number of rotatable bonds is 4. The topological polar surface area (TPSA) is 40.5 Å². The molecule has 0 aromatic carbocycles. The largest absolute Gasteiger partial charge is 0.393 e. The highest BCUT2D eigenvalue weighted by Gasteiger charge is 2.43. The van der Waals surface area contributed by atoms with Crippen molar-refractivity contribution in [3.8, 4) is 0 Å². The number of carbonyl (C=O) groups excluding carboxylic acids is 1. The van der Waals surface area contributed by atoms with Gasteiger partial charge in [0.05, 0.1) is 6.10 Å². The molecule has 2 aliphatic rings. The standard InChI is InChI=1S/C16H29NO2/c1-3-16(9-5-6-10-16)15(19)17-11-7-4-8-14(17)12-13(2)18/h13-14,18H,3-12H2,1-2H3. The van der Waals surface area contributed by atoms with Gasteiger partial charge in [0.25, 0.3) is 0 Å². The summed E-state index contributed by atoms with van der Waals surface area (Å²) in [6, 6.07) is 0.269. The summed E-state index contributed by atoms with van der Waals surface area (Å²) in [6.45, 7) is 4.90. The van der Waals surface area contributed by atoms with E-state index in [0.717, 1.165) is 45.1 Å². The number of hydrogen-bond acceptors (Lipinski definition) is 2. The molecule has 0 bridgehead atoms. The fourth-order valence-corrected chi connectivity index (χ4v) is 3.98. The van der Waals surface area contributed by atoms with E-state index in [-0.39, 0.29) is 17.6 Å². The zero-order valence-electron chi connectivity index (χ0n) is 12.5. The Bertz CT molecular complexity index is 308. The van der Waals surface area contributed by atoms with Crippen molar-refractivity contribution in [2.75, 3.05) is 6.54 Å². The fourth-order valence-electron chi connectivity index (χ4n) is 3.98. The van der Waals surface area contributed by atoms with E-state index in [1.165, 1.54) is 19.3 Å². The number of aliphatic hydroxyl groups is 1. The average molecular weight is 267 g/mol. The Balaban J connectivity index is 2.10. The Labute approximate surface area is 117 Å². The van der Waals surface area contributed by atoms with Gasteiger partial charge in [-0.15, -0.1) is 0 Å². The van der Waals surface area contributed by atoms with E-state index in [9.17, 15) is 9.90 Å². The molecular weight excluding hydrogens is 238 g/mol. The molecule has 1 saturated carbocycles. The Morgan fingerprint density at radius 3 is 2.58 bits per heavy atom. The summed E-state index contributed by atoms with van der Waals surface area (Å²) in [6.07, 6.45) is 9.34. The molecule has 2 atom stereocenters. The zero-order chi connectivity index (χ0) is 13.9. The minimum absolute atomic E-state index is 0.0751. The van der Waals surface area contributed by atoms with Crippen molar-refractivity contribution in [3.63, 3.8) is 0 Å². The van der Waals surface area contributed by atoms with Crippen LogP contribution in [0.15, 0.2) is 0 Å². The Morgan fingerprint density at radius 1 is 1.32 bits per heavy atom. The van der Waals surface area contributed by atoms with Gasteiger partial charge in [-0.3, -0.25) is 4.79 Å². The molecule has 0 aromatic rings. The number of hydrogen-bond donors (Lipinski definition) is 1. The van der Waals surface area contributed by atoms with Crippen LogP contribution < -0.4 is 0 Å². The predicted molar refractivity (Wildman–Crippen MR) is 76.8 cm³/mol. The van der Waals surface area contributed by atoms with E-state index in [2.05, 4.69) is 11.8 Å². The Morgan fingerprint density at radius 2 is 2.00 bits per heavy atom. The van der Waals surface area contributed by atoms with E-state index in [4.69, 9.17) is 0 Å². The summed E-state index contributed by atoms with van der Waals surface area (Å²) in [7, 11) is 0. The third-order valence-electron chi connectivity index (χ3n) is 5.19. The lowest BCUT2D eigenvalue weighted by Gasteiger charge is -2.41. The molecule has 2 unspecified atom stereocenters. The molecule has 1 aliphatic heterocycles. The molecule has 1 amide bonds. The van der Waals surface area contributed by atoms with Gasteiger partial charge in [-0.2, -0.15) is 0 Å². The number of likely N-dealkylation sites (tertiary alicyclic amines) is 1. The van der Waals surface area contributed by atoms with Crippen LogP contribution in [-0.4, -0.2) is 34.6 Å². The van der Waals surface area contributed by atoms with Crippen molar-refractivity contribution in [2.45, 2.75) is 83.8 Å². The van der Waals surface area contributed by atoms with E-state index in [0.29, 0.717) is 5.91 Å². The van der Waals surface area contributed by atoms with Crippen LogP contribution in [0.2, 0.25) is 0 Å². The summed E-state index contributed by atoms with van der Waals surface area (Å²) >= 11 is 0. The molecule has 3 heteroatoms. The van der Waals surface area contributed by atoms with Gasteiger partial charge in [0.15, 0.2) is 0 Å². The van der Waals surface area contributed by atoms with Crippen LogP contribution in [0.4, 0.5) is 0 Å². The van der Waals surface area contributed by atoms with Crippen molar-refractivity contribution in [2.24, 2.45) is 5.41 Å². The van der Waals surface area contributed by atoms with Crippen molar-refractivity contribution >= 4 is 5.91 Å². The molecule has 1 saturated heterocycles. The first-order valence-corrected chi connectivity index (χ1v) is 8.08. The second-order valence-electron chi connectivity index (χ2n) is 6.57. The summed E-state index contributed by atoms with van der Waals surface area (Å²) in [5.41, 5.74) is -0.0751. The van der Waals surface area contributed by atoms with Crippen LogP contribution in [0.25, 0.3) is 0 Å². The predicted octanol–water partition coefficient (Wildman–Crippen LogP) is 3.11. The molecule has 1 N–H and O–H groups in total. The maximum absolute atomic E-state index is 13.0.